The predicted octanol–water partition coefficient (Wildman–Crippen LogP) is 2.40. The molecule has 1 aromatic heterocycles. The second-order valence-corrected chi connectivity index (χ2v) is 4.78. The molecule has 20 heavy (non-hydrogen) atoms. The van der Waals surface area contributed by atoms with Crippen LogP contribution in [0.2, 0.25) is 0 Å². The Hall–Kier alpha value is -2.43. The van der Waals surface area contributed by atoms with E-state index in [2.05, 4.69) is 5.10 Å². The third kappa shape index (κ3) is 3.12. The highest BCUT2D eigenvalue weighted by molar-refractivity contribution is 5.98. The monoisotopic (exact) mass is 272 g/mol. The SMILES string of the molecule is Cc1ccc(C(=O)C[C@H](C(=O)O)n2ccc(C)n2)cc1. The molecule has 0 aliphatic rings. The number of ketones is 1. The summed E-state index contributed by atoms with van der Waals surface area (Å²) in [5.41, 5.74) is 2.30. The van der Waals surface area contributed by atoms with Gasteiger partial charge in [-0.25, -0.2) is 4.79 Å². The number of Topliss-reactive ketones (excluding diaryl/α,β-unsaturated/α-hetero) is 1. The molecule has 0 aliphatic heterocycles. The molecule has 1 N–H and O–H groups in total. The van der Waals surface area contributed by atoms with Gasteiger partial charge < -0.3 is 5.11 Å². The van der Waals surface area contributed by atoms with Crippen LogP contribution in [0.15, 0.2) is 36.5 Å². The molecule has 0 aliphatic carbocycles. The number of rotatable bonds is 5. The zero-order valence-corrected chi connectivity index (χ0v) is 11.4. The third-order valence-corrected chi connectivity index (χ3v) is 3.10. The molecule has 2 aromatic rings. The van der Waals surface area contributed by atoms with Crippen LogP contribution < -0.4 is 0 Å². The normalized spacial score (nSPS) is 12.1. The lowest BCUT2D eigenvalue weighted by atomic mass is 10.0. The van der Waals surface area contributed by atoms with Crippen LogP contribution in [0.4, 0.5) is 0 Å². The quantitative estimate of drug-likeness (QED) is 0.848. The molecule has 0 saturated heterocycles. The average Bonchev–Trinajstić information content (AvgIpc) is 2.82. The van der Waals surface area contributed by atoms with Crippen molar-refractivity contribution < 1.29 is 14.7 Å². The Kier molecular flexibility index (Phi) is 3.98. The van der Waals surface area contributed by atoms with Crippen molar-refractivity contribution in [3.8, 4) is 0 Å². The summed E-state index contributed by atoms with van der Waals surface area (Å²) in [6, 6.07) is 7.84. The second kappa shape index (κ2) is 5.69. The van der Waals surface area contributed by atoms with Crippen molar-refractivity contribution in [2.24, 2.45) is 0 Å². The van der Waals surface area contributed by atoms with E-state index in [9.17, 15) is 14.7 Å². The Morgan fingerprint density at radius 1 is 1.20 bits per heavy atom. The summed E-state index contributed by atoms with van der Waals surface area (Å²) in [5.74, 6) is -1.26. The van der Waals surface area contributed by atoms with Crippen LogP contribution in [0.5, 0.6) is 0 Å². The second-order valence-electron chi connectivity index (χ2n) is 4.78. The van der Waals surface area contributed by atoms with Gasteiger partial charge in [0.15, 0.2) is 11.8 Å². The minimum Gasteiger partial charge on any atom is -0.480 e. The zero-order chi connectivity index (χ0) is 14.7. The van der Waals surface area contributed by atoms with Crippen molar-refractivity contribution in [1.82, 2.24) is 9.78 Å². The van der Waals surface area contributed by atoms with Crippen molar-refractivity contribution in [3.63, 3.8) is 0 Å². The third-order valence-electron chi connectivity index (χ3n) is 3.10. The van der Waals surface area contributed by atoms with Crippen LogP contribution in [0, 0.1) is 13.8 Å². The van der Waals surface area contributed by atoms with Crippen molar-refractivity contribution in [1.29, 1.82) is 0 Å². The van der Waals surface area contributed by atoms with Gasteiger partial charge in [-0.2, -0.15) is 5.10 Å². The molecular formula is C15H16N2O3. The molecule has 0 radical (unpaired) electrons. The number of carbonyl (C=O) groups is 2. The zero-order valence-electron chi connectivity index (χ0n) is 11.4. The average molecular weight is 272 g/mol. The number of hydrogen-bond acceptors (Lipinski definition) is 3. The Morgan fingerprint density at radius 2 is 1.85 bits per heavy atom. The van der Waals surface area contributed by atoms with Gasteiger partial charge >= 0.3 is 5.97 Å². The fraction of sp³-hybridized carbons (Fsp3) is 0.267. The Bertz CT molecular complexity index is 629. The minimum absolute atomic E-state index is 0.112. The van der Waals surface area contributed by atoms with Gasteiger partial charge in [0.05, 0.1) is 5.69 Å². The highest BCUT2D eigenvalue weighted by Crippen LogP contribution is 2.16. The lowest BCUT2D eigenvalue weighted by Crippen LogP contribution is -2.23. The van der Waals surface area contributed by atoms with Crippen LogP contribution in [-0.2, 0) is 4.79 Å². The molecular weight excluding hydrogens is 256 g/mol. The summed E-state index contributed by atoms with van der Waals surface area (Å²) in [6.07, 6.45) is 1.47. The summed E-state index contributed by atoms with van der Waals surface area (Å²) in [6.45, 7) is 3.71. The van der Waals surface area contributed by atoms with E-state index in [4.69, 9.17) is 0 Å². The Balaban J connectivity index is 2.18. The van der Waals surface area contributed by atoms with E-state index in [1.807, 2.05) is 19.1 Å². The van der Waals surface area contributed by atoms with E-state index >= 15 is 0 Å². The number of benzene rings is 1. The lowest BCUT2D eigenvalue weighted by Gasteiger charge is -2.12. The number of aliphatic carboxylic acids is 1. The number of aryl methyl sites for hydroxylation is 2. The van der Waals surface area contributed by atoms with E-state index in [0.717, 1.165) is 11.3 Å². The summed E-state index contributed by atoms with van der Waals surface area (Å²) in [5, 5.41) is 13.3. The first-order valence-corrected chi connectivity index (χ1v) is 6.32. The highest BCUT2D eigenvalue weighted by Gasteiger charge is 2.24. The summed E-state index contributed by atoms with van der Waals surface area (Å²) < 4.78 is 1.32. The van der Waals surface area contributed by atoms with E-state index in [1.165, 1.54) is 4.68 Å². The van der Waals surface area contributed by atoms with Gasteiger partial charge in [0.25, 0.3) is 0 Å². The lowest BCUT2D eigenvalue weighted by molar-refractivity contribution is -0.141. The molecule has 104 valence electrons. The molecule has 5 nitrogen and oxygen atoms in total. The Labute approximate surface area is 116 Å². The molecule has 0 fully saturated rings. The number of carboxylic acid groups (broad SMARTS) is 1. The molecule has 0 spiro atoms. The molecule has 0 amide bonds. The first-order valence-electron chi connectivity index (χ1n) is 6.32. The number of aromatic nitrogens is 2. The maximum Gasteiger partial charge on any atom is 0.328 e. The number of carbonyl (C=O) groups excluding carboxylic acids is 1. The van der Waals surface area contributed by atoms with Crippen LogP contribution in [0.25, 0.3) is 0 Å². The van der Waals surface area contributed by atoms with Gasteiger partial charge in [0.1, 0.15) is 0 Å². The van der Waals surface area contributed by atoms with Gasteiger partial charge in [0, 0.05) is 18.2 Å². The van der Waals surface area contributed by atoms with Crippen molar-refractivity contribution in [2.45, 2.75) is 26.3 Å². The molecule has 1 heterocycles. The molecule has 2 rings (SSSR count). The minimum atomic E-state index is -1.06. The van der Waals surface area contributed by atoms with Crippen molar-refractivity contribution in [3.05, 3.63) is 53.3 Å². The van der Waals surface area contributed by atoms with E-state index in [1.54, 1.807) is 31.3 Å². The summed E-state index contributed by atoms with van der Waals surface area (Å²) >= 11 is 0. The van der Waals surface area contributed by atoms with Gasteiger partial charge in [0.2, 0.25) is 0 Å². The fourth-order valence-corrected chi connectivity index (χ4v) is 1.93. The Morgan fingerprint density at radius 3 is 2.35 bits per heavy atom. The molecule has 0 saturated carbocycles. The molecule has 5 heteroatoms. The first kappa shape index (κ1) is 14.0. The van der Waals surface area contributed by atoms with Crippen LogP contribution >= 0.6 is 0 Å². The number of nitrogens with zero attached hydrogens (tertiary/aromatic N) is 2. The molecule has 1 atom stereocenters. The first-order chi connectivity index (χ1) is 9.47. The van der Waals surface area contributed by atoms with E-state index in [0.29, 0.717) is 5.56 Å². The number of hydrogen-bond donors (Lipinski definition) is 1. The fourth-order valence-electron chi connectivity index (χ4n) is 1.93. The van der Waals surface area contributed by atoms with Gasteiger partial charge in [-0.05, 0) is 19.9 Å². The largest absolute Gasteiger partial charge is 0.480 e. The van der Waals surface area contributed by atoms with Crippen LogP contribution in [0.3, 0.4) is 0 Å². The van der Waals surface area contributed by atoms with Crippen molar-refractivity contribution >= 4 is 11.8 Å². The van der Waals surface area contributed by atoms with Gasteiger partial charge in [-0.3, -0.25) is 9.48 Å². The maximum atomic E-state index is 12.1. The van der Waals surface area contributed by atoms with E-state index < -0.39 is 12.0 Å². The van der Waals surface area contributed by atoms with Gasteiger partial charge in [-0.15, -0.1) is 0 Å². The topological polar surface area (TPSA) is 72.2 Å². The van der Waals surface area contributed by atoms with Crippen LogP contribution in [0.1, 0.15) is 34.1 Å². The standard InChI is InChI=1S/C15H16N2O3/c1-10-3-5-12(6-4-10)14(18)9-13(15(19)20)17-8-7-11(2)16-17/h3-8,13H,9H2,1-2H3,(H,19,20)/t13-/m1/s1. The molecule has 0 unspecified atom stereocenters. The number of carboxylic acids is 1. The molecule has 0 bridgehead atoms. The maximum absolute atomic E-state index is 12.1. The van der Waals surface area contributed by atoms with E-state index in [-0.39, 0.29) is 12.2 Å². The highest BCUT2D eigenvalue weighted by atomic mass is 16.4. The van der Waals surface area contributed by atoms with Crippen LogP contribution in [-0.4, -0.2) is 26.6 Å². The van der Waals surface area contributed by atoms with Crippen molar-refractivity contribution in [2.75, 3.05) is 0 Å². The smallest absolute Gasteiger partial charge is 0.328 e. The molecule has 1 aromatic carbocycles. The summed E-state index contributed by atoms with van der Waals surface area (Å²) in [7, 11) is 0. The van der Waals surface area contributed by atoms with Gasteiger partial charge in [-0.1, -0.05) is 29.8 Å². The summed E-state index contributed by atoms with van der Waals surface area (Å²) in [4.78, 5) is 23.5. The predicted molar refractivity (Wildman–Crippen MR) is 73.8 cm³/mol.